The summed E-state index contributed by atoms with van der Waals surface area (Å²) in [5.41, 5.74) is 1.28. The smallest absolute Gasteiger partial charge is 0.137 e. The summed E-state index contributed by atoms with van der Waals surface area (Å²) in [5, 5.41) is 4.44. The highest BCUT2D eigenvalue weighted by atomic mass is 35.5. The molecule has 1 aromatic heterocycles. The Kier molecular flexibility index (Phi) is 3.18. The van der Waals surface area contributed by atoms with Crippen LogP contribution in [0, 0.1) is 24.7 Å². The number of hydrogen-bond acceptors (Lipinski definition) is 3. The Morgan fingerprint density at radius 3 is 2.19 bits per heavy atom. The van der Waals surface area contributed by atoms with Crippen LogP contribution in [-0.2, 0) is 6.42 Å². The van der Waals surface area contributed by atoms with Crippen LogP contribution in [0.1, 0.15) is 56.8 Å². The Bertz CT molecular complexity index is 534. The molecule has 4 bridgehead atoms. The molecule has 0 unspecified atom stereocenters. The van der Waals surface area contributed by atoms with Gasteiger partial charge in [-0.25, -0.2) is 9.97 Å². The van der Waals surface area contributed by atoms with E-state index in [4.69, 9.17) is 16.6 Å². The van der Waals surface area contributed by atoms with Crippen molar-refractivity contribution in [1.82, 2.24) is 9.97 Å². The minimum atomic E-state index is 0.280. The van der Waals surface area contributed by atoms with E-state index in [1.807, 2.05) is 6.92 Å². The SMILES string of the molecule is CCc1nc(Cl)c(C)c(NC23CC4CC(CC(C4)C2)C3)n1. The van der Waals surface area contributed by atoms with Gasteiger partial charge in [-0.3, -0.25) is 0 Å². The third-order valence-electron chi connectivity index (χ3n) is 5.87. The second-order valence-corrected chi connectivity index (χ2v) is 7.94. The molecule has 4 aliphatic carbocycles. The first-order chi connectivity index (χ1) is 10.1. The van der Waals surface area contributed by atoms with E-state index in [2.05, 4.69) is 17.2 Å². The summed E-state index contributed by atoms with van der Waals surface area (Å²) in [6, 6.07) is 0. The molecule has 0 spiro atoms. The molecule has 0 radical (unpaired) electrons. The molecule has 1 heterocycles. The fraction of sp³-hybridized carbons (Fsp3) is 0.765. The second-order valence-electron chi connectivity index (χ2n) is 7.58. The zero-order chi connectivity index (χ0) is 14.6. The van der Waals surface area contributed by atoms with Gasteiger partial charge < -0.3 is 5.32 Å². The minimum Gasteiger partial charge on any atom is -0.364 e. The standard InChI is InChI=1S/C17H24ClN3/c1-3-14-19-15(18)10(2)16(20-14)21-17-7-11-4-12(8-17)6-13(5-11)9-17/h11-13H,3-9H2,1-2H3,(H,19,20,21). The molecule has 4 heteroatoms. The van der Waals surface area contributed by atoms with Crippen molar-refractivity contribution in [2.45, 2.75) is 64.3 Å². The Morgan fingerprint density at radius 2 is 1.67 bits per heavy atom. The fourth-order valence-electron chi connectivity index (χ4n) is 5.33. The van der Waals surface area contributed by atoms with E-state index in [1.54, 1.807) is 0 Å². The normalized spacial score (nSPS) is 37.0. The number of nitrogens with one attached hydrogen (secondary N) is 1. The summed E-state index contributed by atoms with van der Waals surface area (Å²) < 4.78 is 0. The molecule has 0 aromatic carbocycles. The molecule has 0 amide bonds. The molecule has 0 aliphatic heterocycles. The molecule has 4 fully saturated rings. The van der Waals surface area contributed by atoms with Crippen LogP contribution >= 0.6 is 11.6 Å². The topological polar surface area (TPSA) is 37.8 Å². The van der Waals surface area contributed by atoms with Gasteiger partial charge in [-0.2, -0.15) is 0 Å². The molecule has 4 saturated carbocycles. The lowest BCUT2D eigenvalue weighted by Crippen LogP contribution is -2.55. The van der Waals surface area contributed by atoms with Gasteiger partial charge in [0.05, 0.1) is 0 Å². The van der Waals surface area contributed by atoms with Crippen molar-refractivity contribution in [3.63, 3.8) is 0 Å². The second kappa shape index (κ2) is 4.84. The van der Waals surface area contributed by atoms with Crippen LogP contribution in [0.3, 0.4) is 0 Å². The van der Waals surface area contributed by atoms with Crippen LogP contribution in [-0.4, -0.2) is 15.5 Å². The third-order valence-corrected chi connectivity index (χ3v) is 6.24. The molecule has 0 saturated heterocycles. The average Bonchev–Trinajstić information content (AvgIpc) is 2.41. The molecular formula is C17H24ClN3. The van der Waals surface area contributed by atoms with Crippen LogP contribution in [0.2, 0.25) is 5.15 Å². The van der Waals surface area contributed by atoms with Crippen molar-refractivity contribution in [2.24, 2.45) is 17.8 Å². The van der Waals surface area contributed by atoms with E-state index in [9.17, 15) is 0 Å². The Balaban J connectivity index is 1.65. The maximum absolute atomic E-state index is 6.29. The Labute approximate surface area is 131 Å². The van der Waals surface area contributed by atoms with Crippen molar-refractivity contribution in [3.8, 4) is 0 Å². The Morgan fingerprint density at radius 1 is 1.10 bits per heavy atom. The van der Waals surface area contributed by atoms with Crippen LogP contribution in [0.15, 0.2) is 0 Å². The number of aryl methyl sites for hydroxylation is 1. The minimum absolute atomic E-state index is 0.280. The van der Waals surface area contributed by atoms with E-state index >= 15 is 0 Å². The molecule has 1 aromatic rings. The van der Waals surface area contributed by atoms with Gasteiger partial charge in [0.1, 0.15) is 16.8 Å². The van der Waals surface area contributed by atoms with Crippen LogP contribution in [0.5, 0.6) is 0 Å². The summed E-state index contributed by atoms with van der Waals surface area (Å²) >= 11 is 6.29. The van der Waals surface area contributed by atoms with Gasteiger partial charge in [-0.1, -0.05) is 18.5 Å². The van der Waals surface area contributed by atoms with Gasteiger partial charge in [0.2, 0.25) is 0 Å². The maximum atomic E-state index is 6.29. The number of nitrogens with zero attached hydrogens (tertiary/aromatic N) is 2. The first-order valence-electron chi connectivity index (χ1n) is 8.38. The predicted molar refractivity (Wildman–Crippen MR) is 85.7 cm³/mol. The number of rotatable bonds is 3. The van der Waals surface area contributed by atoms with E-state index < -0.39 is 0 Å². The van der Waals surface area contributed by atoms with Crippen molar-refractivity contribution in [1.29, 1.82) is 0 Å². The summed E-state index contributed by atoms with van der Waals surface area (Å²) in [5.74, 6) is 4.64. The van der Waals surface area contributed by atoms with Gasteiger partial charge in [0, 0.05) is 17.5 Å². The van der Waals surface area contributed by atoms with E-state index in [0.717, 1.165) is 41.4 Å². The first-order valence-corrected chi connectivity index (χ1v) is 8.76. The highest BCUT2D eigenvalue weighted by molar-refractivity contribution is 6.30. The lowest BCUT2D eigenvalue weighted by molar-refractivity contribution is 0.0105. The fourth-order valence-corrected chi connectivity index (χ4v) is 5.51. The summed E-state index contributed by atoms with van der Waals surface area (Å²) in [6.07, 6.45) is 9.18. The van der Waals surface area contributed by atoms with E-state index in [0.29, 0.717) is 5.15 Å². The van der Waals surface area contributed by atoms with Crippen molar-refractivity contribution in [3.05, 3.63) is 16.5 Å². The predicted octanol–water partition coefficient (Wildman–Crippen LogP) is 4.38. The Hall–Kier alpha value is -0.830. The van der Waals surface area contributed by atoms with Gasteiger partial charge in [-0.05, 0) is 63.2 Å². The molecule has 5 rings (SSSR count). The molecule has 0 atom stereocenters. The molecule has 4 aliphatic rings. The number of anilines is 1. The highest BCUT2D eigenvalue weighted by Gasteiger charge is 2.51. The van der Waals surface area contributed by atoms with Crippen molar-refractivity contribution >= 4 is 17.4 Å². The summed E-state index contributed by atoms with van der Waals surface area (Å²) in [4.78, 5) is 9.08. The zero-order valence-electron chi connectivity index (χ0n) is 13.0. The molecule has 1 N–H and O–H groups in total. The molecular weight excluding hydrogens is 282 g/mol. The van der Waals surface area contributed by atoms with Gasteiger partial charge in [0.15, 0.2) is 0 Å². The number of aromatic nitrogens is 2. The van der Waals surface area contributed by atoms with E-state index in [-0.39, 0.29) is 5.54 Å². The van der Waals surface area contributed by atoms with E-state index in [1.165, 1.54) is 38.5 Å². The van der Waals surface area contributed by atoms with Crippen LogP contribution in [0.4, 0.5) is 5.82 Å². The van der Waals surface area contributed by atoms with Gasteiger partial charge in [-0.15, -0.1) is 0 Å². The van der Waals surface area contributed by atoms with Crippen molar-refractivity contribution < 1.29 is 0 Å². The summed E-state index contributed by atoms with van der Waals surface area (Å²) in [7, 11) is 0. The molecule has 3 nitrogen and oxygen atoms in total. The monoisotopic (exact) mass is 305 g/mol. The quantitative estimate of drug-likeness (QED) is 0.842. The molecule has 21 heavy (non-hydrogen) atoms. The largest absolute Gasteiger partial charge is 0.364 e. The lowest BCUT2D eigenvalue weighted by atomic mass is 9.53. The number of hydrogen-bond donors (Lipinski definition) is 1. The number of halogens is 1. The maximum Gasteiger partial charge on any atom is 0.137 e. The van der Waals surface area contributed by atoms with Gasteiger partial charge >= 0.3 is 0 Å². The highest BCUT2D eigenvalue weighted by Crippen LogP contribution is 2.56. The lowest BCUT2D eigenvalue weighted by Gasteiger charge is -2.57. The summed E-state index contributed by atoms with van der Waals surface area (Å²) in [6.45, 7) is 4.11. The molecule has 114 valence electrons. The van der Waals surface area contributed by atoms with Crippen molar-refractivity contribution in [2.75, 3.05) is 5.32 Å². The van der Waals surface area contributed by atoms with Gasteiger partial charge in [0.25, 0.3) is 0 Å². The third kappa shape index (κ3) is 2.34. The van der Waals surface area contributed by atoms with Crippen LogP contribution < -0.4 is 5.32 Å². The zero-order valence-corrected chi connectivity index (χ0v) is 13.7. The average molecular weight is 306 g/mol. The first kappa shape index (κ1) is 13.8. The van der Waals surface area contributed by atoms with Crippen LogP contribution in [0.25, 0.3) is 0 Å².